The van der Waals surface area contributed by atoms with E-state index in [2.05, 4.69) is 21.7 Å². The summed E-state index contributed by atoms with van der Waals surface area (Å²) in [6, 6.07) is 15.0. The van der Waals surface area contributed by atoms with E-state index in [9.17, 15) is 9.59 Å². The van der Waals surface area contributed by atoms with Crippen molar-refractivity contribution in [2.24, 2.45) is 0 Å². The summed E-state index contributed by atoms with van der Waals surface area (Å²) in [5, 5.41) is 6.44. The molecule has 0 spiro atoms. The molecule has 1 heterocycles. The van der Waals surface area contributed by atoms with Crippen molar-refractivity contribution in [1.29, 1.82) is 0 Å². The molecule has 0 atom stereocenters. The molecule has 0 bridgehead atoms. The Hall–Kier alpha value is -2.73. The zero-order valence-electron chi connectivity index (χ0n) is 13.9. The van der Waals surface area contributed by atoms with Crippen molar-refractivity contribution in [1.82, 2.24) is 10.3 Å². The number of thiazole rings is 1. The first kappa shape index (κ1) is 17.1. The summed E-state index contributed by atoms with van der Waals surface area (Å²) in [5.74, 6) is -0.317. The predicted octanol–water partition coefficient (Wildman–Crippen LogP) is 3.62. The van der Waals surface area contributed by atoms with Crippen LogP contribution in [0.2, 0.25) is 0 Å². The molecule has 0 fully saturated rings. The number of rotatable bonds is 6. The Morgan fingerprint density at radius 3 is 2.64 bits per heavy atom. The number of para-hydroxylation sites is 2. The third-order valence-electron chi connectivity index (χ3n) is 3.81. The first-order valence-electron chi connectivity index (χ1n) is 8.13. The molecule has 0 aliphatic rings. The first-order chi connectivity index (χ1) is 12.2. The molecular formula is C19H19N3O2S. The third kappa shape index (κ3) is 4.22. The highest BCUT2D eigenvalue weighted by Gasteiger charge is 2.12. The van der Waals surface area contributed by atoms with Gasteiger partial charge < -0.3 is 10.6 Å². The number of benzene rings is 2. The maximum atomic E-state index is 12.2. The summed E-state index contributed by atoms with van der Waals surface area (Å²) in [4.78, 5) is 28.6. The summed E-state index contributed by atoms with van der Waals surface area (Å²) < 4.78 is 1.17. The standard InChI is InChI=1S/C19H19N3O2S/c1-20-19(24)13-7-2-3-8-14(13)21-17(23)11-6-12-18-22-15-9-4-5-10-16(15)25-18/h2-5,7-10H,6,11-12H2,1H3,(H,20,24)(H,21,23). The smallest absolute Gasteiger partial charge is 0.253 e. The molecular weight excluding hydrogens is 334 g/mol. The van der Waals surface area contributed by atoms with Gasteiger partial charge in [-0.3, -0.25) is 9.59 Å². The lowest BCUT2D eigenvalue weighted by molar-refractivity contribution is -0.116. The Bertz CT molecular complexity index is 871. The highest BCUT2D eigenvalue weighted by molar-refractivity contribution is 7.18. The van der Waals surface area contributed by atoms with Crippen LogP contribution in [0.25, 0.3) is 10.2 Å². The van der Waals surface area contributed by atoms with Crippen LogP contribution in [0.1, 0.15) is 28.2 Å². The second-order valence-electron chi connectivity index (χ2n) is 5.60. The van der Waals surface area contributed by atoms with Gasteiger partial charge in [-0.1, -0.05) is 24.3 Å². The van der Waals surface area contributed by atoms with Gasteiger partial charge in [-0.2, -0.15) is 0 Å². The van der Waals surface area contributed by atoms with Crippen molar-refractivity contribution in [2.75, 3.05) is 12.4 Å². The van der Waals surface area contributed by atoms with Crippen LogP contribution in [0.3, 0.4) is 0 Å². The lowest BCUT2D eigenvalue weighted by atomic mass is 10.1. The number of fused-ring (bicyclic) bond motifs is 1. The van der Waals surface area contributed by atoms with E-state index in [0.717, 1.165) is 16.9 Å². The van der Waals surface area contributed by atoms with E-state index in [1.54, 1.807) is 42.6 Å². The molecule has 1 aromatic heterocycles. The monoisotopic (exact) mass is 353 g/mol. The Kier molecular flexibility index (Phi) is 5.40. The quantitative estimate of drug-likeness (QED) is 0.711. The first-order valence-corrected chi connectivity index (χ1v) is 8.94. The van der Waals surface area contributed by atoms with Crippen molar-refractivity contribution >= 4 is 39.1 Å². The molecule has 0 aliphatic heterocycles. The van der Waals surface area contributed by atoms with E-state index in [1.165, 1.54) is 4.70 Å². The topological polar surface area (TPSA) is 71.1 Å². The highest BCUT2D eigenvalue weighted by atomic mass is 32.1. The molecule has 3 rings (SSSR count). The van der Waals surface area contributed by atoms with Crippen LogP contribution in [0.4, 0.5) is 5.69 Å². The van der Waals surface area contributed by atoms with Crippen molar-refractivity contribution in [3.8, 4) is 0 Å². The number of amides is 2. The maximum Gasteiger partial charge on any atom is 0.253 e. The summed E-state index contributed by atoms with van der Waals surface area (Å²) in [6.07, 6.45) is 1.87. The molecule has 0 radical (unpaired) electrons. The molecule has 0 saturated heterocycles. The van der Waals surface area contributed by atoms with Crippen molar-refractivity contribution in [3.63, 3.8) is 0 Å². The number of nitrogens with zero attached hydrogens (tertiary/aromatic N) is 1. The molecule has 3 aromatic rings. The minimum atomic E-state index is -0.217. The van der Waals surface area contributed by atoms with E-state index in [0.29, 0.717) is 24.1 Å². The zero-order chi connectivity index (χ0) is 17.6. The van der Waals surface area contributed by atoms with E-state index in [4.69, 9.17) is 0 Å². The van der Waals surface area contributed by atoms with Crippen molar-refractivity contribution < 1.29 is 9.59 Å². The van der Waals surface area contributed by atoms with E-state index in [-0.39, 0.29) is 11.8 Å². The number of nitrogens with one attached hydrogen (secondary N) is 2. The lowest BCUT2D eigenvalue weighted by Gasteiger charge is -2.09. The Labute approximate surface area is 150 Å². The van der Waals surface area contributed by atoms with Gasteiger partial charge in [-0.25, -0.2) is 4.98 Å². The summed E-state index contributed by atoms with van der Waals surface area (Å²) in [6.45, 7) is 0. The zero-order valence-corrected chi connectivity index (χ0v) is 14.7. The third-order valence-corrected chi connectivity index (χ3v) is 4.90. The SMILES string of the molecule is CNC(=O)c1ccccc1NC(=O)CCCc1nc2ccccc2s1. The molecule has 128 valence electrons. The van der Waals surface area contributed by atoms with Crippen LogP contribution in [0.5, 0.6) is 0 Å². The van der Waals surface area contributed by atoms with Gasteiger partial charge >= 0.3 is 0 Å². The van der Waals surface area contributed by atoms with Gasteiger partial charge in [0.15, 0.2) is 0 Å². The van der Waals surface area contributed by atoms with E-state index in [1.807, 2.05) is 18.2 Å². The Morgan fingerprint density at radius 2 is 1.84 bits per heavy atom. The fourth-order valence-electron chi connectivity index (χ4n) is 2.56. The minimum Gasteiger partial charge on any atom is -0.355 e. The summed E-state index contributed by atoms with van der Waals surface area (Å²) in [7, 11) is 1.57. The predicted molar refractivity (Wildman–Crippen MR) is 101 cm³/mol. The van der Waals surface area contributed by atoms with Gasteiger partial charge in [0.25, 0.3) is 5.91 Å². The van der Waals surface area contributed by atoms with Gasteiger partial charge in [-0.05, 0) is 37.1 Å². The highest BCUT2D eigenvalue weighted by Crippen LogP contribution is 2.23. The molecule has 6 heteroatoms. The number of aromatic nitrogens is 1. The van der Waals surface area contributed by atoms with Gasteiger partial charge in [0.2, 0.25) is 5.91 Å². The van der Waals surface area contributed by atoms with Gasteiger partial charge in [0.1, 0.15) is 0 Å². The van der Waals surface area contributed by atoms with Crippen molar-refractivity contribution in [3.05, 3.63) is 59.1 Å². The van der Waals surface area contributed by atoms with Crippen molar-refractivity contribution in [2.45, 2.75) is 19.3 Å². The van der Waals surface area contributed by atoms with Gasteiger partial charge in [0.05, 0.1) is 26.5 Å². The number of hydrogen-bond donors (Lipinski definition) is 2. The molecule has 2 amide bonds. The number of carbonyl (C=O) groups excluding carboxylic acids is 2. The second kappa shape index (κ2) is 7.90. The van der Waals surface area contributed by atoms with Crippen LogP contribution in [-0.2, 0) is 11.2 Å². The van der Waals surface area contributed by atoms with Crippen LogP contribution >= 0.6 is 11.3 Å². The van der Waals surface area contributed by atoms with Gasteiger partial charge in [-0.15, -0.1) is 11.3 Å². The number of aryl methyl sites for hydroxylation is 1. The molecule has 0 unspecified atom stereocenters. The fraction of sp³-hybridized carbons (Fsp3) is 0.211. The van der Waals surface area contributed by atoms with Crippen LogP contribution in [0.15, 0.2) is 48.5 Å². The Morgan fingerprint density at radius 1 is 1.08 bits per heavy atom. The van der Waals surface area contributed by atoms with E-state index < -0.39 is 0 Å². The van der Waals surface area contributed by atoms with E-state index >= 15 is 0 Å². The molecule has 5 nitrogen and oxygen atoms in total. The number of anilines is 1. The molecule has 25 heavy (non-hydrogen) atoms. The molecule has 0 saturated carbocycles. The van der Waals surface area contributed by atoms with Crippen LogP contribution in [-0.4, -0.2) is 23.8 Å². The largest absolute Gasteiger partial charge is 0.355 e. The molecule has 0 aliphatic carbocycles. The second-order valence-corrected chi connectivity index (χ2v) is 6.72. The van der Waals surface area contributed by atoms with Crippen LogP contribution in [0, 0.1) is 0 Å². The summed E-state index contributed by atoms with van der Waals surface area (Å²) >= 11 is 1.67. The maximum absolute atomic E-state index is 12.2. The normalized spacial score (nSPS) is 10.6. The molecule has 2 aromatic carbocycles. The fourth-order valence-corrected chi connectivity index (χ4v) is 3.57. The molecule has 2 N–H and O–H groups in total. The lowest BCUT2D eigenvalue weighted by Crippen LogP contribution is -2.21. The minimum absolute atomic E-state index is 0.0996. The average molecular weight is 353 g/mol. The average Bonchev–Trinajstić information content (AvgIpc) is 3.04. The van der Waals surface area contributed by atoms with Gasteiger partial charge in [0, 0.05) is 13.5 Å². The number of carbonyl (C=O) groups is 2. The number of hydrogen-bond acceptors (Lipinski definition) is 4. The Balaban J connectivity index is 1.56. The van der Waals surface area contributed by atoms with Crippen LogP contribution < -0.4 is 10.6 Å². The summed E-state index contributed by atoms with van der Waals surface area (Å²) in [5.41, 5.74) is 2.00.